The lowest BCUT2D eigenvalue weighted by molar-refractivity contribution is 0.00621. The van der Waals surface area contributed by atoms with Crippen molar-refractivity contribution >= 4 is 24.2 Å². The van der Waals surface area contributed by atoms with E-state index >= 15 is 8.78 Å². The molecule has 6 rings (SSSR count). The summed E-state index contributed by atoms with van der Waals surface area (Å²) >= 11 is 0. The molecule has 478 valence electrons. The fourth-order valence-corrected chi connectivity index (χ4v) is 25.3. The molecule has 2 unspecified atom stereocenters. The molecule has 3 aliphatic rings. The molecule has 10 heteroatoms. The lowest BCUT2D eigenvalue weighted by Crippen LogP contribution is -2.32. The minimum Gasteiger partial charge on any atom is -0.491 e. The Hall–Kier alpha value is -2.41. The number of rotatable bonds is 36. The van der Waals surface area contributed by atoms with E-state index in [2.05, 4.69) is 86.0 Å². The molecule has 3 saturated carbocycles. The smallest absolute Gasteiger partial charge is 0.201 e. The summed E-state index contributed by atoms with van der Waals surface area (Å²) in [7, 11) is -3.35. The van der Waals surface area contributed by atoms with Gasteiger partial charge in [0.05, 0.1) is 19.3 Å². The van der Waals surface area contributed by atoms with Crippen molar-refractivity contribution in [2.75, 3.05) is 19.8 Å². The molecule has 0 aliphatic heterocycles. The van der Waals surface area contributed by atoms with Gasteiger partial charge in [0.15, 0.2) is 23.1 Å². The van der Waals surface area contributed by atoms with Crippen LogP contribution in [0.25, 0.3) is 11.1 Å². The van der Waals surface area contributed by atoms with Gasteiger partial charge in [-0.2, -0.15) is 8.78 Å². The van der Waals surface area contributed by atoms with E-state index in [0.29, 0.717) is 36.4 Å². The molecule has 0 bridgehead atoms. The van der Waals surface area contributed by atoms with Crippen LogP contribution in [0.4, 0.5) is 17.6 Å². The summed E-state index contributed by atoms with van der Waals surface area (Å²) in [4.78, 5) is 0. The Morgan fingerprint density at radius 3 is 1.55 bits per heavy atom. The summed E-state index contributed by atoms with van der Waals surface area (Å²) in [6.45, 7) is 30.6. The van der Waals surface area contributed by atoms with Gasteiger partial charge in [-0.05, 0) is 173 Å². The van der Waals surface area contributed by atoms with Gasteiger partial charge in [0.2, 0.25) is 11.6 Å². The van der Waals surface area contributed by atoms with Crippen LogP contribution in [0.5, 0.6) is 11.5 Å². The standard InChI is InChI=1S/C39H64F2OSi2.C35H60F2O2Si/c1-8-10-11-14-32-15-17-33(18-16-32)34-19-21-35(22-20-34)36-23-24-37(39(41)38(36)40)42-26-12-13-27-43(4,5)29-30-44(6,7)28-25-31(3)9-2;1-6-27(3)23-26-40(4,5)25-12-10-8-9-11-24-39-31-19-17-29(18-20-31)28-13-15-30(16-14-28)32-21-22-33(38-7-2)35(37)34(32)36/h19-24,31-33H,8-18,25-30H2,1-7H3;21-22,27-31H,6-20,23-26H2,1-5H3. The minimum absolute atomic E-state index is 0.0279. The summed E-state index contributed by atoms with van der Waals surface area (Å²) in [5.74, 6) is 1.72. The number of unbranched alkanes of at least 4 members (excludes halogenated alkanes) is 7. The average molecular weight is 1220 g/mol. The third kappa shape index (κ3) is 25.2. The molecule has 0 amide bonds. The van der Waals surface area contributed by atoms with Crippen LogP contribution in [0.15, 0.2) is 48.5 Å². The molecule has 3 aromatic rings. The van der Waals surface area contributed by atoms with Gasteiger partial charge in [-0.3, -0.25) is 0 Å². The van der Waals surface area contributed by atoms with Gasteiger partial charge in [0, 0.05) is 36.4 Å². The molecule has 3 fully saturated rings. The fraction of sp³-hybridized carbons (Fsp3) is 0.757. The minimum atomic E-state index is -1.25. The summed E-state index contributed by atoms with van der Waals surface area (Å²) in [5, 5.41) is 0. The zero-order valence-electron chi connectivity index (χ0n) is 55.9. The summed E-state index contributed by atoms with van der Waals surface area (Å²) < 4.78 is 76.5. The molecule has 0 saturated heterocycles. The maximum absolute atomic E-state index is 15.2. The molecule has 3 aliphatic carbocycles. The predicted octanol–water partition coefficient (Wildman–Crippen LogP) is 24.8. The van der Waals surface area contributed by atoms with Gasteiger partial charge in [0.25, 0.3) is 0 Å². The van der Waals surface area contributed by atoms with E-state index in [4.69, 9.17) is 14.2 Å². The Balaban J connectivity index is 0.000000309. The van der Waals surface area contributed by atoms with Crippen molar-refractivity contribution < 1.29 is 31.8 Å². The summed E-state index contributed by atoms with van der Waals surface area (Å²) in [6.07, 6.45) is 34.2. The lowest BCUT2D eigenvalue weighted by Gasteiger charge is -2.38. The van der Waals surface area contributed by atoms with Gasteiger partial charge in [0.1, 0.15) is 0 Å². The van der Waals surface area contributed by atoms with Gasteiger partial charge < -0.3 is 14.2 Å². The highest BCUT2D eigenvalue weighted by atomic mass is 28.3. The Morgan fingerprint density at radius 1 is 0.452 bits per heavy atom. The summed E-state index contributed by atoms with van der Waals surface area (Å²) in [6, 6.07) is 23.4. The molecule has 2 atom stereocenters. The molecule has 84 heavy (non-hydrogen) atoms. The first-order chi connectivity index (χ1) is 40.2. The molecule has 0 spiro atoms. The monoisotopic (exact) mass is 1220 g/mol. The lowest BCUT2D eigenvalue weighted by atomic mass is 9.69. The van der Waals surface area contributed by atoms with Crippen LogP contribution in [0.2, 0.25) is 75.5 Å². The highest BCUT2D eigenvalue weighted by Gasteiger charge is 2.34. The van der Waals surface area contributed by atoms with E-state index in [1.807, 2.05) is 12.1 Å². The molecule has 3 nitrogen and oxygen atoms in total. The molecule has 0 radical (unpaired) electrons. The summed E-state index contributed by atoms with van der Waals surface area (Å²) in [5.41, 5.74) is 2.91. The molecular weight excluding hydrogens is 1100 g/mol. The van der Waals surface area contributed by atoms with Crippen LogP contribution in [0.3, 0.4) is 0 Å². The SMILES string of the molecule is CCCCCC1CCC(c2ccc(-c3ccc(OCCCC[Si](C)(C)CC[Si](C)(C)CCC(C)CC)c(F)c3F)cc2)CC1.CCOc1ccc(C2CCC(C3CCC(OCCCCCCC[Si](C)(C)CCC(C)CC)CC3)CC2)c(F)c1F. The largest absolute Gasteiger partial charge is 0.491 e. The van der Waals surface area contributed by atoms with E-state index < -0.39 is 47.5 Å². The van der Waals surface area contributed by atoms with Crippen LogP contribution in [-0.4, -0.2) is 50.1 Å². The van der Waals surface area contributed by atoms with Crippen molar-refractivity contribution in [2.24, 2.45) is 29.6 Å². The van der Waals surface area contributed by atoms with Crippen LogP contribution in [0.1, 0.15) is 238 Å². The molecule has 0 heterocycles. The molecule has 0 aromatic heterocycles. The quantitative estimate of drug-likeness (QED) is 0.0330. The number of hydrogen-bond acceptors (Lipinski definition) is 3. The van der Waals surface area contributed by atoms with Crippen LogP contribution in [0, 0.1) is 52.9 Å². The van der Waals surface area contributed by atoms with Crippen molar-refractivity contribution in [2.45, 2.75) is 308 Å². The number of hydrogen-bond donors (Lipinski definition) is 0. The highest BCUT2D eigenvalue weighted by Crippen LogP contribution is 2.45. The third-order valence-electron chi connectivity index (χ3n) is 21.1. The van der Waals surface area contributed by atoms with Crippen molar-refractivity contribution in [3.8, 4) is 22.6 Å². The van der Waals surface area contributed by atoms with E-state index in [0.717, 1.165) is 80.3 Å². The zero-order chi connectivity index (χ0) is 61.1. The Morgan fingerprint density at radius 2 is 0.952 bits per heavy atom. The fourth-order valence-electron chi connectivity index (χ4n) is 14.1. The zero-order valence-corrected chi connectivity index (χ0v) is 58.9. The second-order valence-corrected chi connectivity index (χ2v) is 45.7. The van der Waals surface area contributed by atoms with E-state index in [-0.39, 0.29) is 17.4 Å². The van der Waals surface area contributed by atoms with Crippen molar-refractivity contribution in [3.05, 3.63) is 82.9 Å². The Kier molecular flexibility index (Phi) is 32.3. The van der Waals surface area contributed by atoms with Crippen molar-refractivity contribution in [1.29, 1.82) is 0 Å². The topological polar surface area (TPSA) is 27.7 Å². The Labute approximate surface area is 516 Å². The Bertz CT molecular complexity index is 2260. The second-order valence-electron chi connectivity index (χ2n) is 29.7. The first kappa shape index (κ1) is 72.3. The number of halogens is 4. The normalized spacial score (nSPS) is 21.4. The molecular formula is C74H124F4O3Si3. The van der Waals surface area contributed by atoms with Gasteiger partial charge in [-0.15, -0.1) is 0 Å². The maximum atomic E-state index is 15.2. The van der Waals surface area contributed by atoms with E-state index in [9.17, 15) is 8.78 Å². The molecule has 3 aromatic carbocycles. The first-order valence-electron chi connectivity index (χ1n) is 35.1. The average Bonchev–Trinajstić information content (AvgIpc) is 3.70. The number of benzene rings is 3. The predicted molar refractivity (Wildman–Crippen MR) is 362 cm³/mol. The highest BCUT2D eigenvalue weighted by molar-refractivity contribution is 6.82. The van der Waals surface area contributed by atoms with Gasteiger partial charge in [-0.25, -0.2) is 8.78 Å². The van der Waals surface area contributed by atoms with Crippen LogP contribution in [-0.2, 0) is 4.74 Å². The van der Waals surface area contributed by atoms with E-state index in [1.54, 1.807) is 31.2 Å². The van der Waals surface area contributed by atoms with Gasteiger partial charge >= 0.3 is 0 Å². The van der Waals surface area contributed by atoms with Gasteiger partial charge in [-0.1, -0.05) is 224 Å². The van der Waals surface area contributed by atoms with Crippen LogP contribution >= 0.6 is 0 Å². The van der Waals surface area contributed by atoms with Crippen LogP contribution < -0.4 is 9.47 Å². The third-order valence-corrected chi connectivity index (χ3v) is 31.5. The molecule has 0 N–H and O–H groups in total. The van der Waals surface area contributed by atoms with Crippen molar-refractivity contribution in [1.82, 2.24) is 0 Å². The maximum Gasteiger partial charge on any atom is 0.201 e. The number of ether oxygens (including phenoxy) is 3. The van der Waals surface area contributed by atoms with Crippen molar-refractivity contribution in [3.63, 3.8) is 0 Å². The first-order valence-corrected chi connectivity index (χ1v) is 45.4. The second kappa shape index (κ2) is 37.6. The van der Waals surface area contributed by atoms with E-state index in [1.165, 1.54) is 177 Å².